The van der Waals surface area contributed by atoms with E-state index in [1.54, 1.807) is 0 Å². The fraction of sp³-hybridized carbons (Fsp3) is 0.227. The molecule has 1 aliphatic carbocycles. The van der Waals surface area contributed by atoms with Gasteiger partial charge in [-0.15, -0.1) is 0 Å². The maximum absolute atomic E-state index is 13.3. The highest BCUT2D eigenvalue weighted by molar-refractivity contribution is 6.10. The van der Waals surface area contributed by atoms with Gasteiger partial charge in [0.25, 0.3) is 5.56 Å². The predicted octanol–water partition coefficient (Wildman–Crippen LogP) is 3.75. The average Bonchev–Trinajstić information content (AvgIpc) is 3.04. The molecule has 5 rings (SSSR count). The van der Waals surface area contributed by atoms with Crippen LogP contribution in [-0.2, 0) is 4.79 Å². The maximum Gasteiger partial charge on any atom is 0.277 e. The summed E-state index contributed by atoms with van der Waals surface area (Å²) in [5, 5.41) is 3.17. The molecule has 0 unspecified atom stereocenters. The van der Waals surface area contributed by atoms with Gasteiger partial charge in [-0.25, -0.2) is 9.67 Å². The number of fused-ring (bicyclic) bond motifs is 2. The topological polar surface area (TPSA) is 67.2 Å². The van der Waals surface area contributed by atoms with Crippen molar-refractivity contribution in [2.24, 2.45) is 10.9 Å². The molecule has 3 aromatic rings. The Kier molecular flexibility index (Phi) is 3.67. The predicted molar refractivity (Wildman–Crippen MR) is 104 cm³/mol. The third-order valence-electron chi connectivity index (χ3n) is 5.54. The Balaban J connectivity index is 1.76. The van der Waals surface area contributed by atoms with Crippen LogP contribution in [0, 0.1) is 5.92 Å². The quantitative estimate of drug-likeness (QED) is 0.759. The van der Waals surface area contributed by atoms with Crippen molar-refractivity contribution < 1.29 is 4.79 Å². The van der Waals surface area contributed by atoms with Gasteiger partial charge in [0.1, 0.15) is 5.78 Å². The number of Topliss-reactive ketones (excluding diaryl/α,β-unsaturated/α-hetero) is 1. The molecule has 2 aliphatic rings. The van der Waals surface area contributed by atoms with E-state index in [0.717, 1.165) is 29.8 Å². The molecule has 0 bridgehead atoms. The molecule has 1 aromatic heterocycles. The lowest BCUT2D eigenvalue weighted by Gasteiger charge is -2.33. The smallest absolute Gasteiger partial charge is 0.277 e. The molecular formula is C22H19N3O2. The minimum Gasteiger partial charge on any atom is -0.299 e. The third kappa shape index (κ3) is 2.50. The number of hydrogen-bond donors (Lipinski definition) is 1. The lowest BCUT2D eigenvalue weighted by molar-refractivity contribution is -0.121. The fourth-order valence-corrected chi connectivity index (χ4v) is 4.34. The first kappa shape index (κ1) is 16.0. The van der Waals surface area contributed by atoms with E-state index in [1.807, 2.05) is 60.7 Å². The molecule has 1 N–H and O–H groups in total. The molecule has 1 saturated carbocycles. The van der Waals surface area contributed by atoms with Crippen molar-refractivity contribution in [3.63, 3.8) is 0 Å². The molecular weight excluding hydrogens is 338 g/mol. The first-order valence-corrected chi connectivity index (χ1v) is 9.29. The monoisotopic (exact) mass is 357 g/mol. The van der Waals surface area contributed by atoms with Gasteiger partial charge in [0.2, 0.25) is 0 Å². The Morgan fingerprint density at radius 1 is 0.889 bits per heavy atom. The number of ketones is 1. The number of aromatic nitrogens is 2. The second kappa shape index (κ2) is 6.20. The van der Waals surface area contributed by atoms with Crippen molar-refractivity contribution in [2.45, 2.75) is 25.2 Å². The minimum atomic E-state index is -0.332. The van der Waals surface area contributed by atoms with Crippen molar-refractivity contribution in [1.82, 2.24) is 9.78 Å². The molecule has 27 heavy (non-hydrogen) atoms. The van der Waals surface area contributed by atoms with Crippen LogP contribution in [0.5, 0.6) is 0 Å². The van der Waals surface area contributed by atoms with Crippen LogP contribution in [0.3, 0.4) is 0 Å². The standard InChI is InChI=1S/C22H19N3O2/c26-17-13-7-12-16-19(17)18(14-8-3-1-4-9-14)20-21(23-16)24-25(22(20)27)15-10-5-2-6-11-15/h1-6,8-11,18-19,24H,7,12-13H2/t18-,19-/m1/s1. The average molecular weight is 357 g/mol. The normalized spacial score (nSPS) is 21.3. The van der Waals surface area contributed by atoms with E-state index >= 15 is 0 Å². The molecule has 2 atom stereocenters. The Morgan fingerprint density at radius 3 is 2.33 bits per heavy atom. The van der Waals surface area contributed by atoms with E-state index in [1.165, 1.54) is 4.68 Å². The van der Waals surface area contributed by atoms with Crippen LogP contribution in [0.2, 0.25) is 0 Å². The van der Waals surface area contributed by atoms with E-state index in [-0.39, 0.29) is 23.2 Å². The van der Waals surface area contributed by atoms with Crippen LogP contribution >= 0.6 is 0 Å². The van der Waals surface area contributed by atoms with Crippen LogP contribution in [0.1, 0.15) is 36.3 Å². The summed E-state index contributed by atoms with van der Waals surface area (Å²) in [6, 6.07) is 19.3. The molecule has 0 amide bonds. The highest BCUT2D eigenvalue weighted by Crippen LogP contribution is 2.43. The van der Waals surface area contributed by atoms with Gasteiger partial charge in [0.15, 0.2) is 5.82 Å². The number of H-pyrrole nitrogens is 1. The van der Waals surface area contributed by atoms with E-state index < -0.39 is 0 Å². The molecule has 5 nitrogen and oxygen atoms in total. The number of benzene rings is 2. The second-order valence-corrected chi connectivity index (χ2v) is 7.14. The summed E-state index contributed by atoms with van der Waals surface area (Å²) in [5.41, 5.74) is 3.11. The van der Waals surface area contributed by atoms with Gasteiger partial charge in [-0.2, -0.15) is 0 Å². The van der Waals surface area contributed by atoms with Crippen LogP contribution in [0.15, 0.2) is 70.5 Å². The number of rotatable bonds is 2. The van der Waals surface area contributed by atoms with Crippen molar-refractivity contribution in [3.05, 3.63) is 82.1 Å². The van der Waals surface area contributed by atoms with Crippen molar-refractivity contribution in [1.29, 1.82) is 0 Å². The van der Waals surface area contributed by atoms with Gasteiger partial charge in [0, 0.05) is 18.1 Å². The molecule has 0 saturated heterocycles. The maximum atomic E-state index is 13.3. The number of carbonyl (C=O) groups is 1. The Labute approximate surface area is 156 Å². The summed E-state index contributed by atoms with van der Waals surface area (Å²) >= 11 is 0. The lowest BCUT2D eigenvalue weighted by Crippen LogP contribution is -2.38. The number of hydrogen-bond acceptors (Lipinski definition) is 3. The van der Waals surface area contributed by atoms with E-state index in [2.05, 4.69) is 5.10 Å². The molecule has 1 aliphatic heterocycles. The second-order valence-electron chi connectivity index (χ2n) is 7.14. The first-order valence-electron chi connectivity index (χ1n) is 9.29. The van der Waals surface area contributed by atoms with E-state index in [9.17, 15) is 9.59 Å². The summed E-state index contributed by atoms with van der Waals surface area (Å²) < 4.78 is 1.53. The SMILES string of the molecule is O=C1CCCC2=Nc3[nH]n(-c4ccccc4)c(=O)c3[C@H](c3ccccc3)[C@@H]12. The summed E-state index contributed by atoms with van der Waals surface area (Å²) in [4.78, 5) is 30.9. The zero-order valence-electron chi connectivity index (χ0n) is 14.8. The highest BCUT2D eigenvalue weighted by Gasteiger charge is 2.43. The Morgan fingerprint density at radius 2 is 1.59 bits per heavy atom. The number of nitrogens with one attached hydrogen (secondary N) is 1. The fourth-order valence-electron chi connectivity index (χ4n) is 4.34. The number of aliphatic imine (C=N–C) groups is 1. The van der Waals surface area contributed by atoms with Crippen molar-refractivity contribution >= 4 is 17.3 Å². The molecule has 2 heterocycles. The van der Waals surface area contributed by atoms with Crippen LogP contribution < -0.4 is 5.56 Å². The summed E-state index contributed by atoms with van der Waals surface area (Å²) in [5.74, 6) is 0.154. The molecule has 134 valence electrons. The third-order valence-corrected chi connectivity index (χ3v) is 5.54. The largest absolute Gasteiger partial charge is 0.299 e. The van der Waals surface area contributed by atoms with Crippen molar-refractivity contribution in [3.8, 4) is 5.69 Å². The number of nitrogens with zero attached hydrogens (tertiary/aromatic N) is 2. The van der Waals surface area contributed by atoms with Gasteiger partial charge in [-0.05, 0) is 30.5 Å². The lowest BCUT2D eigenvalue weighted by atomic mass is 9.70. The molecule has 0 spiro atoms. The van der Waals surface area contributed by atoms with Gasteiger partial charge in [-0.3, -0.25) is 14.7 Å². The molecule has 0 radical (unpaired) electrons. The Hall–Kier alpha value is -3.21. The van der Waals surface area contributed by atoms with E-state index in [0.29, 0.717) is 17.8 Å². The van der Waals surface area contributed by atoms with Crippen molar-refractivity contribution in [2.75, 3.05) is 0 Å². The molecule has 5 heteroatoms. The molecule has 1 fully saturated rings. The number of para-hydroxylation sites is 1. The van der Waals surface area contributed by atoms with Gasteiger partial charge in [0.05, 0.1) is 17.2 Å². The van der Waals surface area contributed by atoms with Gasteiger partial charge < -0.3 is 0 Å². The summed E-state index contributed by atoms with van der Waals surface area (Å²) in [6.07, 6.45) is 2.19. The van der Waals surface area contributed by atoms with Gasteiger partial charge in [-0.1, -0.05) is 48.5 Å². The minimum absolute atomic E-state index is 0.133. The van der Waals surface area contributed by atoms with Crippen LogP contribution in [0.25, 0.3) is 5.69 Å². The zero-order chi connectivity index (χ0) is 18.4. The number of aromatic amines is 1. The van der Waals surface area contributed by atoms with Crippen LogP contribution in [-0.4, -0.2) is 21.3 Å². The first-order chi connectivity index (χ1) is 13.2. The summed E-state index contributed by atoms with van der Waals surface area (Å²) in [6.45, 7) is 0. The molecule has 2 aromatic carbocycles. The Bertz CT molecular complexity index is 1090. The van der Waals surface area contributed by atoms with Gasteiger partial charge >= 0.3 is 0 Å². The van der Waals surface area contributed by atoms with E-state index in [4.69, 9.17) is 4.99 Å². The number of carbonyl (C=O) groups excluding carboxylic acids is 1. The highest BCUT2D eigenvalue weighted by atomic mass is 16.1. The zero-order valence-corrected chi connectivity index (χ0v) is 14.8. The summed E-state index contributed by atoms with van der Waals surface area (Å²) in [7, 11) is 0. The van der Waals surface area contributed by atoms with Crippen LogP contribution in [0.4, 0.5) is 5.82 Å².